The predicted molar refractivity (Wildman–Crippen MR) is 79.7 cm³/mol. The van der Waals surface area contributed by atoms with E-state index in [2.05, 4.69) is 29.0 Å². The maximum atomic E-state index is 12.0. The smallest absolute Gasteiger partial charge is 0.326 e. The molecule has 3 unspecified atom stereocenters. The Hall–Kier alpha value is -0.650. The van der Waals surface area contributed by atoms with Gasteiger partial charge in [-0.3, -0.25) is 14.6 Å². The molecule has 0 aromatic heterocycles. The first-order valence-electron chi connectivity index (χ1n) is 7.81. The third kappa shape index (κ3) is 2.85. The lowest BCUT2D eigenvalue weighted by atomic mass is 9.97. The molecule has 0 aromatic carbocycles. The molecule has 1 aliphatic carbocycles. The second kappa shape index (κ2) is 6.41. The van der Waals surface area contributed by atoms with Crippen molar-refractivity contribution in [1.29, 1.82) is 0 Å². The van der Waals surface area contributed by atoms with E-state index < -0.39 is 5.54 Å². The molecule has 0 aromatic rings. The number of hydrogen-bond acceptors (Lipinski definition) is 5. The highest BCUT2D eigenvalue weighted by Crippen LogP contribution is 2.34. The van der Waals surface area contributed by atoms with Crippen LogP contribution in [-0.2, 0) is 9.53 Å². The highest BCUT2D eigenvalue weighted by molar-refractivity contribution is 5.81. The van der Waals surface area contributed by atoms with Gasteiger partial charge in [-0.05, 0) is 39.8 Å². The summed E-state index contributed by atoms with van der Waals surface area (Å²) in [6.07, 6.45) is 2.83. The van der Waals surface area contributed by atoms with Gasteiger partial charge in [-0.25, -0.2) is 0 Å². The molecule has 1 N–H and O–H groups in total. The summed E-state index contributed by atoms with van der Waals surface area (Å²) in [6, 6.07) is 1.11. The summed E-state index contributed by atoms with van der Waals surface area (Å²) in [7, 11) is 3.35. The number of esters is 1. The minimum atomic E-state index is -0.468. The highest BCUT2D eigenvalue weighted by Gasteiger charge is 2.47. The van der Waals surface area contributed by atoms with E-state index in [0.717, 1.165) is 45.4 Å². The number of nitrogens with zero attached hydrogens (tertiary/aromatic N) is 2. The number of likely N-dealkylation sites (N-methyl/N-ethyl adjacent to an activating group) is 2. The first-order chi connectivity index (χ1) is 9.56. The Kier molecular flexibility index (Phi) is 5.04. The number of nitrogens with one attached hydrogen (secondary N) is 1. The van der Waals surface area contributed by atoms with Crippen molar-refractivity contribution < 1.29 is 9.53 Å². The highest BCUT2D eigenvalue weighted by atomic mass is 16.5. The van der Waals surface area contributed by atoms with Crippen LogP contribution in [0.15, 0.2) is 0 Å². The lowest BCUT2D eigenvalue weighted by Crippen LogP contribution is -2.55. The van der Waals surface area contributed by atoms with Crippen molar-refractivity contribution >= 4 is 5.97 Å². The minimum Gasteiger partial charge on any atom is -0.468 e. The van der Waals surface area contributed by atoms with E-state index >= 15 is 0 Å². The van der Waals surface area contributed by atoms with Gasteiger partial charge in [-0.15, -0.1) is 0 Å². The molecule has 0 bridgehead atoms. The molecule has 1 saturated carbocycles. The number of piperazine rings is 1. The molecule has 2 rings (SSSR count). The quantitative estimate of drug-likeness (QED) is 0.769. The van der Waals surface area contributed by atoms with Crippen LogP contribution in [0, 0.1) is 0 Å². The van der Waals surface area contributed by atoms with E-state index in [-0.39, 0.29) is 5.97 Å². The summed E-state index contributed by atoms with van der Waals surface area (Å²) in [4.78, 5) is 17.1. The van der Waals surface area contributed by atoms with Crippen LogP contribution >= 0.6 is 0 Å². The largest absolute Gasteiger partial charge is 0.468 e. The molecule has 2 aliphatic rings. The predicted octanol–water partition coefficient (Wildman–Crippen LogP) is 0.696. The van der Waals surface area contributed by atoms with E-state index in [1.54, 1.807) is 0 Å². The summed E-state index contributed by atoms with van der Waals surface area (Å²) in [5.74, 6) is -0.109. The molecule has 0 amide bonds. The number of carbonyl (C=O) groups is 1. The van der Waals surface area contributed by atoms with E-state index in [1.165, 1.54) is 7.11 Å². The molecular weight excluding hydrogens is 254 g/mol. The summed E-state index contributed by atoms with van der Waals surface area (Å²) >= 11 is 0. The molecule has 2 fully saturated rings. The van der Waals surface area contributed by atoms with Crippen LogP contribution in [0.4, 0.5) is 0 Å². The van der Waals surface area contributed by atoms with E-state index in [9.17, 15) is 4.79 Å². The molecule has 1 aliphatic heterocycles. The zero-order chi connectivity index (χ0) is 14.8. The average Bonchev–Trinajstić information content (AvgIpc) is 2.92. The van der Waals surface area contributed by atoms with Gasteiger partial charge in [-0.1, -0.05) is 6.92 Å². The average molecular weight is 283 g/mol. The normalized spacial score (nSPS) is 36.2. The van der Waals surface area contributed by atoms with Gasteiger partial charge in [0, 0.05) is 31.7 Å². The van der Waals surface area contributed by atoms with Gasteiger partial charge in [0.05, 0.1) is 7.11 Å². The fourth-order valence-corrected chi connectivity index (χ4v) is 3.87. The third-order valence-corrected chi connectivity index (χ3v) is 5.26. The summed E-state index contributed by atoms with van der Waals surface area (Å²) < 4.78 is 4.99. The number of rotatable bonds is 4. The van der Waals surface area contributed by atoms with Crippen molar-refractivity contribution in [3.05, 3.63) is 0 Å². The zero-order valence-corrected chi connectivity index (χ0v) is 13.3. The Morgan fingerprint density at radius 1 is 1.45 bits per heavy atom. The number of hydrogen-bond donors (Lipinski definition) is 1. The molecule has 3 atom stereocenters. The zero-order valence-electron chi connectivity index (χ0n) is 13.3. The first kappa shape index (κ1) is 15.7. The number of carbonyl (C=O) groups excluding carboxylic acids is 1. The van der Waals surface area contributed by atoms with Crippen LogP contribution in [0.2, 0.25) is 0 Å². The molecule has 116 valence electrons. The van der Waals surface area contributed by atoms with Crippen molar-refractivity contribution in [2.24, 2.45) is 0 Å². The number of ether oxygens (including phenoxy) is 1. The Morgan fingerprint density at radius 3 is 2.75 bits per heavy atom. The Balaban J connectivity index is 1.97. The summed E-state index contributed by atoms with van der Waals surface area (Å²) in [6.45, 7) is 9.02. The minimum absolute atomic E-state index is 0.109. The van der Waals surface area contributed by atoms with Gasteiger partial charge < -0.3 is 10.1 Å². The fraction of sp³-hybridized carbons (Fsp3) is 0.933. The fourth-order valence-electron chi connectivity index (χ4n) is 3.87. The molecule has 20 heavy (non-hydrogen) atoms. The summed E-state index contributed by atoms with van der Waals surface area (Å²) in [5, 5.41) is 3.22. The van der Waals surface area contributed by atoms with Gasteiger partial charge >= 0.3 is 5.97 Å². The third-order valence-electron chi connectivity index (χ3n) is 5.26. The van der Waals surface area contributed by atoms with Crippen LogP contribution in [0.3, 0.4) is 0 Å². The summed E-state index contributed by atoms with van der Waals surface area (Å²) in [5.41, 5.74) is -0.468. The van der Waals surface area contributed by atoms with Crippen LogP contribution in [0.5, 0.6) is 0 Å². The second-order valence-corrected chi connectivity index (χ2v) is 6.19. The van der Waals surface area contributed by atoms with Gasteiger partial charge in [0.1, 0.15) is 5.54 Å². The Morgan fingerprint density at radius 2 is 2.20 bits per heavy atom. The van der Waals surface area contributed by atoms with Gasteiger partial charge in [0.25, 0.3) is 0 Å². The van der Waals surface area contributed by atoms with E-state index in [1.807, 2.05) is 7.05 Å². The lowest BCUT2D eigenvalue weighted by molar-refractivity contribution is -0.148. The van der Waals surface area contributed by atoms with Gasteiger partial charge in [0.2, 0.25) is 0 Å². The molecule has 5 nitrogen and oxygen atoms in total. The van der Waals surface area contributed by atoms with Crippen molar-refractivity contribution in [3.8, 4) is 0 Å². The molecule has 1 saturated heterocycles. The first-order valence-corrected chi connectivity index (χ1v) is 7.81. The topological polar surface area (TPSA) is 44.8 Å². The molecule has 0 spiro atoms. The van der Waals surface area contributed by atoms with Crippen LogP contribution < -0.4 is 5.32 Å². The van der Waals surface area contributed by atoms with Crippen molar-refractivity contribution in [2.75, 3.05) is 40.3 Å². The Labute approximate surface area is 122 Å². The molecule has 1 heterocycles. The van der Waals surface area contributed by atoms with Crippen LogP contribution in [0.25, 0.3) is 0 Å². The monoisotopic (exact) mass is 283 g/mol. The van der Waals surface area contributed by atoms with E-state index in [0.29, 0.717) is 12.1 Å². The lowest BCUT2D eigenvalue weighted by Gasteiger charge is -2.42. The van der Waals surface area contributed by atoms with Crippen molar-refractivity contribution in [3.63, 3.8) is 0 Å². The maximum Gasteiger partial charge on any atom is 0.326 e. The van der Waals surface area contributed by atoms with Crippen LogP contribution in [0.1, 0.15) is 33.1 Å². The van der Waals surface area contributed by atoms with Gasteiger partial charge in [-0.2, -0.15) is 0 Å². The molecule has 5 heteroatoms. The molecule has 0 radical (unpaired) electrons. The SMILES string of the molecule is CCN1CCN(C2CCC(NC)(C(=O)OC)C2)CC1C. The van der Waals surface area contributed by atoms with E-state index in [4.69, 9.17) is 4.74 Å². The van der Waals surface area contributed by atoms with Crippen molar-refractivity contribution in [2.45, 2.75) is 50.7 Å². The second-order valence-electron chi connectivity index (χ2n) is 6.19. The standard InChI is InChI=1S/C15H29N3O2/c1-5-17-8-9-18(11-12(17)2)13-6-7-15(10-13,16-3)14(19)20-4/h12-13,16H,5-11H2,1-4H3. The van der Waals surface area contributed by atoms with Crippen LogP contribution in [-0.4, -0.2) is 73.7 Å². The molecular formula is C15H29N3O2. The maximum absolute atomic E-state index is 12.0. The van der Waals surface area contributed by atoms with Gasteiger partial charge in [0.15, 0.2) is 0 Å². The van der Waals surface area contributed by atoms with Crippen molar-refractivity contribution in [1.82, 2.24) is 15.1 Å². The Bertz CT molecular complexity index is 350. The number of methoxy groups -OCH3 is 1.